The van der Waals surface area contributed by atoms with Crippen LogP contribution in [0.25, 0.3) is 0 Å². The second kappa shape index (κ2) is 12.1. The Bertz CT molecular complexity index is 1150. The Hall–Kier alpha value is -2.97. The van der Waals surface area contributed by atoms with Crippen molar-refractivity contribution in [3.63, 3.8) is 0 Å². The minimum Gasteiger partial charge on any atom is -0.394 e. The quantitative estimate of drug-likeness (QED) is 0.368. The van der Waals surface area contributed by atoms with Crippen LogP contribution < -0.4 is 0 Å². The van der Waals surface area contributed by atoms with Gasteiger partial charge >= 0.3 is 0 Å². The molecular weight excluding hydrogens is 518 g/mol. The number of hydrogen-bond donors (Lipinski definition) is 1. The van der Waals surface area contributed by atoms with Gasteiger partial charge in [-0.25, -0.2) is 0 Å². The molecule has 8 heteroatoms. The summed E-state index contributed by atoms with van der Waals surface area (Å²) in [4.78, 5) is 48.6. The normalized spacial score (nSPS) is 29.8. The molecule has 4 rings (SSSR count). The van der Waals surface area contributed by atoms with Gasteiger partial charge in [-0.1, -0.05) is 62.8 Å². The smallest absolute Gasteiger partial charge is 0.248 e. The largest absolute Gasteiger partial charge is 0.394 e. The van der Waals surface area contributed by atoms with E-state index >= 15 is 0 Å². The van der Waals surface area contributed by atoms with E-state index in [1.54, 1.807) is 26.9 Å². The molecule has 1 spiro atoms. The molecule has 1 aromatic rings. The molecule has 41 heavy (non-hydrogen) atoms. The molecule has 3 amide bonds. The fraction of sp³-hybridized carbons (Fsp3) is 0.606. The maximum absolute atomic E-state index is 14.6. The van der Waals surface area contributed by atoms with E-state index in [1.165, 1.54) is 0 Å². The Morgan fingerprint density at radius 1 is 1.12 bits per heavy atom. The minimum atomic E-state index is -1.15. The molecule has 1 N–H and O–H groups in total. The fourth-order valence-corrected chi connectivity index (χ4v) is 7.43. The number of fused-ring (bicyclic) bond motifs is 1. The van der Waals surface area contributed by atoms with Crippen LogP contribution in [0.1, 0.15) is 59.4 Å². The molecular formula is C33H47N3O5. The summed E-state index contributed by atoms with van der Waals surface area (Å²) < 4.78 is 6.84. The molecule has 0 saturated carbocycles. The number of aliphatic hydroxyl groups excluding tert-OH is 1. The van der Waals surface area contributed by atoms with Gasteiger partial charge in [0.05, 0.1) is 30.1 Å². The van der Waals surface area contributed by atoms with Crippen molar-refractivity contribution in [3.05, 3.63) is 61.2 Å². The Balaban J connectivity index is 1.82. The van der Waals surface area contributed by atoms with Crippen LogP contribution in [0.3, 0.4) is 0 Å². The molecule has 3 fully saturated rings. The Kier molecular flexibility index (Phi) is 9.14. The number of hydrogen-bond acceptors (Lipinski definition) is 5. The Morgan fingerprint density at radius 2 is 1.78 bits per heavy atom. The molecule has 3 saturated heterocycles. The first-order chi connectivity index (χ1) is 19.5. The second-order valence-corrected chi connectivity index (χ2v) is 12.5. The maximum atomic E-state index is 14.6. The molecule has 1 aromatic carbocycles. The van der Waals surface area contributed by atoms with Crippen molar-refractivity contribution < 1.29 is 24.2 Å². The lowest BCUT2D eigenvalue weighted by Gasteiger charge is -2.42. The molecule has 2 bridgehead atoms. The number of carbonyl (C=O) groups excluding carboxylic acids is 3. The number of carbonyl (C=O) groups is 3. The molecule has 7 atom stereocenters. The SMILES string of the molecule is C=CCN(Cc1ccccc1)C(=O)[C@@H]1[C@H]2C(=O)N([C@@H](CO)[C@@H](C)CC)C(C(=O)N(CC=C)C(C)C)C23CC[C@@]1(C)O3. The summed E-state index contributed by atoms with van der Waals surface area (Å²) in [5.41, 5.74) is -1.05. The van der Waals surface area contributed by atoms with Gasteiger partial charge in [-0.3, -0.25) is 14.4 Å². The predicted molar refractivity (Wildman–Crippen MR) is 158 cm³/mol. The third-order valence-electron chi connectivity index (χ3n) is 9.67. The Labute approximate surface area is 245 Å². The van der Waals surface area contributed by atoms with Gasteiger partial charge in [0.1, 0.15) is 11.6 Å². The average Bonchev–Trinajstić information content (AvgIpc) is 3.52. The van der Waals surface area contributed by atoms with Crippen LogP contribution in [0.5, 0.6) is 0 Å². The number of nitrogens with zero attached hydrogens (tertiary/aromatic N) is 3. The molecule has 3 heterocycles. The summed E-state index contributed by atoms with van der Waals surface area (Å²) in [6.45, 7) is 18.3. The summed E-state index contributed by atoms with van der Waals surface area (Å²) in [7, 11) is 0. The van der Waals surface area contributed by atoms with Gasteiger partial charge in [0, 0.05) is 25.7 Å². The molecule has 0 aliphatic carbocycles. The van der Waals surface area contributed by atoms with E-state index in [4.69, 9.17) is 4.74 Å². The molecule has 3 aliphatic rings. The summed E-state index contributed by atoms with van der Waals surface area (Å²) >= 11 is 0. The van der Waals surface area contributed by atoms with Crippen molar-refractivity contribution in [2.45, 2.75) is 89.8 Å². The van der Waals surface area contributed by atoms with E-state index in [-0.39, 0.29) is 36.3 Å². The van der Waals surface area contributed by atoms with Crippen LogP contribution >= 0.6 is 0 Å². The van der Waals surface area contributed by atoms with Crippen LogP contribution in [0.4, 0.5) is 0 Å². The zero-order valence-corrected chi connectivity index (χ0v) is 25.3. The first-order valence-electron chi connectivity index (χ1n) is 15.0. The lowest BCUT2D eigenvalue weighted by atomic mass is 9.66. The van der Waals surface area contributed by atoms with Crippen LogP contribution in [-0.4, -0.2) is 86.6 Å². The van der Waals surface area contributed by atoms with Gasteiger partial charge in [0.2, 0.25) is 17.7 Å². The average molecular weight is 566 g/mol. The zero-order chi connectivity index (χ0) is 30.1. The lowest BCUT2D eigenvalue weighted by molar-refractivity contribution is -0.158. The zero-order valence-electron chi connectivity index (χ0n) is 25.3. The summed E-state index contributed by atoms with van der Waals surface area (Å²) in [6.07, 6.45) is 5.16. The fourth-order valence-electron chi connectivity index (χ4n) is 7.43. The van der Waals surface area contributed by atoms with Gasteiger partial charge in [0.15, 0.2) is 0 Å². The predicted octanol–water partition coefficient (Wildman–Crippen LogP) is 3.80. The maximum Gasteiger partial charge on any atom is 0.248 e. The van der Waals surface area contributed by atoms with Gasteiger partial charge < -0.3 is 24.5 Å². The van der Waals surface area contributed by atoms with Crippen molar-refractivity contribution >= 4 is 17.7 Å². The third-order valence-corrected chi connectivity index (χ3v) is 9.67. The second-order valence-electron chi connectivity index (χ2n) is 12.5. The molecule has 2 unspecified atom stereocenters. The van der Waals surface area contributed by atoms with E-state index < -0.39 is 35.1 Å². The van der Waals surface area contributed by atoms with Crippen molar-refractivity contribution in [2.24, 2.45) is 17.8 Å². The molecule has 224 valence electrons. The van der Waals surface area contributed by atoms with Gasteiger partial charge in [-0.2, -0.15) is 0 Å². The number of likely N-dealkylation sites (tertiary alicyclic amines) is 1. The van der Waals surface area contributed by atoms with E-state index in [1.807, 2.05) is 65.0 Å². The van der Waals surface area contributed by atoms with Crippen molar-refractivity contribution in [1.82, 2.24) is 14.7 Å². The highest BCUT2D eigenvalue weighted by Gasteiger charge is 2.79. The minimum absolute atomic E-state index is 0.0568. The first-order valence-corrected chi connectivity index (χ1v) is 15.0. The van der Waals surface area contributed by atoms with Crippen LogP contribution in [0.2, 0.25) is 0 Å². The van der Waals surface area contributed by atoms with Crippen molar-refractivity contribution in [3.8, 4) is 0 Å². The standard InChI is InChI=1S/C33H47N3O5/c1-8-18-34(20-24-14-12-11-13-15-24)29(38)26-27-30(39)36(25(21-37)23(6)10-3)28(31(40)35(19-9-2)22(4)5)33(27)17-16-32(26,7)41-33/h8-9,11-15,22-23,25-28,37H,1-2,10,16-21H2,3-7H3/t23-,25-,26-,27-,28?,32+,33?/m0/s1. The number of amides is 3. The van der Waals surface area contributed by atoms with Crippen LogP contribution in [0, 0.1) is 17.8 Å². The van der Waals surface area contributed by atoms with E-state index in [0.717, 1.165) is 12.0 Å². The molecule has 0 aromatic heterocycles. The van der Waals surface area contributed by atoms with Gasteiger partial charge in [0.25, 0.3) is 0 Å². The van der Waals surface area contributed by atoms with Gasteiger partial charge in [-0.05, 0) is 45.1 Å². The summed E-state index contributed by atoms with van der Waals surface area (Å²) in [5, 5.41) is 10.6. The van der Waals surface area contributed by atoms with Crippen LogP contribution in [-0.2, 0) is 25.7 Å². The third kappa shape index (κ3) is 5.14. The topological polar surface area (TPSA) is 90.4 Å². The number of aliphatic hydroxyl groups is 1. The number of ether oxygens (including phenoxy) is 1. The van der Waals surface area contributed by atoms with Crippen molar-refractivity contribution in [1.29, 1.82) is 0 Å². The lowest BCUT2D eigenvalue weighted by Crippen LogP contribution is -2.60. The highest BCUT2D eigenvalue weighted by molar-refractivity contribution is 5.99. The van der Waals surface area contributed by atoms with Gasteiger partial charge in [-0.15, -0.1) is 13.2 Å². The first kappa shape index (κ1) is 31.0. The molecule has 0 radical (unpaired) electrons. The van der Waals surface area contributed by atoms with E-state index in [2.05, 4.69) is 13.2 Å². The van der Waals surface area contributed by atoms with E-state index in [9.17, 15) is 19.5 Å². The highest BCUT2D eigenvalue weighted by atomic mass is 16.5. The summed E-state index contributed by atoms with van der Waals surface area (Å²) in [6, 6.07) is 8.11. The number of benzene rings is 1. The number of rotatable bonds is 13. The van der Waals surface area contributed by atoms with Crippen molar-refractivity contribution in [2.75, 3.05) is 19.7 Å². The Morgan fingerprint density at radius 3 is 2.34 bits per heavy atom. The van der Waals surface area contributed by atoms with E-state index in [0.29, 0.717) is 32.5 Å². The van der Waals surface area contributed by atoms with Crippen LogP contribution in [0.15, 0.2) is 55.6 Å². The molecule has 8 nitrogen and oxygen atoms in total. The monoisotopic (exact) mass is 565 g/mol. The highest BCUT2D eigenvalue weighted by Crippen LogP contribution is 2.64. The summed E-state index contributed by atoms with van der Waals surface area (Å²) in [5.74, 6) is -2.29. The molecule has 3 aliphatic heterocycles.